The highest BCUT2D eigenvalue weighted by Crippen LogP contribution is 2.35. The topological polar surface area (TPSA) is 58.1 Å². The minimum absolute atomic E-state index is 0.00363. The van der Waals surface area contributed by atoms with E-state index in [1.165, 1.54) is 12.1 Å². The Kier molecular flexibility index (Phi) is 6.74. The van der Waals surface area contributed by atoms with Gasteiger partial charge in [-0.05, 0) is 29.3 Å². The summed E-state index contributed by atoms with van der Waals surface area (Å²) < 4.78 is 52.4. The Morgan fingerprint density at radius 2 is 1.91 bits per heavy atom. The van der Waals surface area contributed by atoms with E-state index in [2.05, 4.69) is 15.6 Å². The number of nitrogens with one attached hydrogen (secondary N) is 2. The number of para-hydroxylation sites is 1. The van der Waals surface area contributed by atoms with Gasteiger partial charge in [-0.3, -0.25) is 4.99 Å². The quantitative estimate of drug-likeness (QED) is 0.544. The molecule has 6 nitrogen and oxygen atoms in total. The Bertz CT molecular complexity index is 933. The van der Waals surface area contributed by atoms with Crippen LogP contribution in [0.25, 0.3) is 0 Å². The van der Waals surface area contributed by atoms with Gasteiger partial charge in [-0.15, -0.1) is 0 Å². The van der Waals surface area contributed by atoms with Crippen LogP contribution < -0.4 is 20.3 Å². The zero-order valence-corrected chi connectivity index (χ0v) is 17.9. The van der Waals surface area contributed by atoms with Crippen molar-refractivity contribution in [3.05, 3.63) is 59.2 Å². The number of aliphatic imine (C=N–C) groups is 1. The number of alkyl halides is 3. The molecule has 2 aromatic rings. The Balaban J connectivity index is 1.37. The van der Waals surface area contributed by atoms with E-state index < -0.39 is 11.7 Å². The van der Waals surface area contributed by atoms with Crippen LogP contribution in [-0.4, -0.2) is 52.0 Å². The van der Waals surface area contributed by atoms with Crippen molar-refractivity contribution in [2.24, 2.45) is 4.99 Å². The first-order chi connectivity index (χ1) is 15.4. The molecule has 4 rings (SSSR count). The summed E-state index contributed by atoms with van der Waals surface area (Å²) in [5, 5.41) is 6.14. The number of hydrogen-bond donors (Lipinski definition) is 2. The third kappa shape index (κ3) is 5.27. The molecule has 0 saturated carbocycles. The highest BCUT2D eigenvalue weighted by atomic mass is 19.4. The van der Waals surface area contributed by atoms with Gasteiger partial charge in [-0.1, -0.05) is 24.3 Å². The fourth-order valence-electron chi connectivity index (χ4n) is 3.98. The molecule has 1 unspecified atom stereocenters. The molecule has 1 saturated heterocycles. The normalized spacial score (nSPS) is 18.8. The van der Waals surface area contributed by atoms with E-state index in [9.17, 15) is 13.2 Å². The lowest BCUT2D eigenvalue weighted by Crippen LogP contribution is -2.42. The highest BCUT2D eigenvalue weighted by molar-refractivity contribution is 5.79. The molecule has 2 heterocycles. The number of benzene rings is 2. The smallest absolute Gasteiger partial charge is 0.416 e. The van der Waals surface area contributed by atoms with E-state index in [1.807, 2.05) is 29.2 Å². The minimum Gasteiger partial charge on any atom is -0.488 e. The maximum atomic E-state index is 13.8. The first-order valence-electron chi connectivity index (χ1n) is 10.7. The summed E-state index contributed by atoms with van der Waals surface area (Å²) in [5.74, 6) is 1.30. The van der Waals surface area contributed by atoms with Crippen molar-refractivity contribution in [1.82, 2.24) is 10.6 Å². The van der Waals surface area contributed by atoms with E-state index in [-0.39, 0.29) is 18.2 Å². The lowest BCUT2D eigenvalue weighted by molar-refractivity contribution is -0.138. The molecule has 0 radical (unpaired) electrons. The van der Waals surface area contributed by atoms with E-state index in [4.69, 9.17) is 9.47 Å². The summed E-state index contributed by atoms with van der Waals surface area (Å²) in [6.45, 7) is 2.70. The second kappa shape index (κ2) is 9.68. The first kappa shape index (κ1) is 22.3. The van der Waals surface area contributed by atoms with Crippen LogP contribution in [0.1, 0.15) is 16.7 Å². The van der Waals surface area contributed by atoms with E-state index in [0.717, 1.165) is 17.7 Å². The Morgan fingerprint density at radius 3 is 2.62 bits per heavy atom. The number of rotatable bonds is 5. The van der Waals surface area contributed by atoms with Gasteiger partial charge in [-0.25, -0.2) is 0 Å². The van der Waals surface area contributed by atoms with Crippen LogP contribution in [-0.2, 0) is 23.9 Å². The van der Waals surface area contributed by atoms with Crippen LogP contribution in [0.3, 0.4) is 0 Å². The van der Waals surface area contributed by atoms with Gasteiger partial charge in [0.15, 0.2) is 5.96 Å². The van der Waals surface area contributed by atoms with Crippen molar-refractivity contribution in [2.75, 3.05) is 44.8 Å². The van der Waals surface area contributed by atoms with Crippen LogP contribution in [0.5, 0.6) is 5.75 Å². The molecule has 1 atom stereocenters. The number of morpholine rings is 1. The fourth-order valence-corrected chi connectivity index (χ4v) is 3.98. The molecule has 32 heavy (non-hydrogen) atoms. The summed E-state index contributed by atoms with van der Waals surface area (Å²) in [6.07, 6.45) is -3.72. The van der Waals surface area contributed by atoms with E-state index >= 15 is 0 Å². The van der Waals surface area contributed by atoms with E-state index in [1.54, 1.807) is 13.1 Å². The molecule has 0 bridgehead atoms. The monoisotopic (exact) mass is 448 g/mol. The van der Waals surface area contributed by atoms with Crippen LogP contribution in [0, 0.1) is 0 Å². The van der Waals surface area contributed by atoms with Gasteiger partial charge < -0.3 is 25.0 Å². The zero-order valence-electron chi connectivity index (χ0n) is 17.9. The van der Waals surface area contributed by atoms with Crippen molar-refractivity contribution >= 4 is 11.6 Å². The fraction of sp³-hybridized carbons (Fsp3) is 0.435. The Labute approximate surface area is 185 Å². The highest BCUT2D eigenvalue weighted by Gasteiger charge is 2.34. The number of ether oxygens (including phenoxy) is 2. The summed E-state index contributed by atoms with van der Waals surface area (Å²) in [6, 6.07) is 12.4. The predicted molar refractivity (Wildman–Crippen MR) is 117 cm³/mol. The number of guanidine groups is 1. The maximum Gasteiger partial charge on any atom is 0.416 e. The SMILES string of the molecule is CN=C(NCc1ccc(N2CCOCC2)cc1C(F)(F)F)NCC1Cc2ccccc2O1. The molecule has 2 aromatic carbocycles. The molecule has 2 aliphatic heterocycles. The van der Waals surface area contributed by atoms with Crippen molar-refractivity contribution in [1.29, 1.82) is 0 Å². The minimum atomic E-state index is -4.44. The molecular weight excluding hydrogens is 421 g/mol. The first-order valence-corrected chi connectivity index (χ1v) is 10.7. The van der Waals surface area contributed by atoms with Gasteiger partial charge in [-0.2, -0.15) is 13.2 Å². The van der Waals surface area contributed by atoms with Crippen LogP contribution in [0.4, 0.5) is 18.9 Å². The number of anilines is 1. The molecule has 172 valence electrons. The van der Waals surface area contributed by atoms with Crippen LogP contribution in [0.2, 0.25) is 0 Å². The summed E-state index contributed by atoms with van der Waals surface area (Å²) in [5.41, 5.74) is 1.24. The molecule has 1 fully saturated rings. The standard InChI is InChI=1S/C23H27F3N4O2/c1-27-22(29-15-19-12-16-4-2-3-5-21(16)32-19)28-14-17-6-7-18(13-20(17)23(24,25)26)30-8-10-31-11-9-30/h2-7,13,19H,8-12,14-15H2,1H3,(H2,27,28,29). The van der Waals surface area contributed by atoms with Gasteiger partial charge in [0, 0.05) is 38.8 Å². The van der Waals surface area contributed by atoms with Gasteiger partial charge in [0.2, 0.25) is 0 Å². The lowest BCUT2D eigenvalue weighted by atomic mass is 10.0. The van der Waals surface area contributed by atoms with E-state index in [0.29, 0.717) is 44.5 Å². The molecular formula is C23H27F3N4O2. The van der Waals surface area contributed by atoms with Gasteiger partial charge in [0.25, 0.3) is 0 Å². The Hall–Kier alpha value is -2.94. The second-order valence-electron chi connectivity index (χ2n) is 7.80. The molecule has 2 aliphatic rings. The molecule has 0 spiro atoms. The molecule has 2 N–H and O–H groups in total. The number of halogens is 3. The molecule has 0 aliphatic carbocycles. The number of hydrogen-bond acceptors (Lipinski definition) is 4. The number of nitrogens with zero attached hydrogens (tertiary/aromatic N) is 2. The van der Waals surface area contributed by atoms with Crippen molar-refractivity contribution < 1.29 is 22.6 Å². The third-order valence-corrected chi connectivity index (χ3v) is 5.66. The average Bonchev–Trinajstić information content (AvgIpc) is 3.22. The lowest BCUT2D eigenvalue weighted by Gasteiger charge is -2.29. The average molecular weight is 448 g/mol. The number of fused-ring (bicyclic) bond motifs is 1. The summed E-state index contributed by atoms with van der Waals surface area (Å²) >= 11 is 0. The predicted octanol–water partition coefficient (Wildman–Crippen LogP) is 3.21. The van der Waals surface area contributed by atoms with Crippen molar-refractivity contribution in [3.63, 3.8) is 0 Å². The van der Waals surface area contributed by atoms with Crippen LogP contribution >= 0.6 is 0 Å². The largest absolute Gasteiger partial charge is 0.488 e. The maximum absolute atomic E-state index is 13.8. The Morgan fingerprint density at radius 1 is 1.12 bits per heavy atom. The van der Waals surface area contributed by atoms with Crippen LogP contribution in [0.15, 0.2) is 47.5 Å². The van der Waals surface area contributed by atoms with Crippen molar-refractivity contribution in [3.8, 4) is 5.75 Å². The van der Waals surface area contributed by atoms with Gasteiger partial charge >= 0.3 is 6.18 Å². The summed E-state index contributed by atoms with van der Waals surface area (Å²) in [7, 11) is 1.59. The van der Waals surface area contributed by atoms with Gasteiger partial charge in [0.05, 0.1) is 25.3 Å². The van der Waals surface area contributed by atoms with Crippen molar-refractivity contribution in [2.45, 2.75) is 25.2 Å². The van der Waals surface area contributed by atoms with Gasteiger partial charge in [0.1, 0.15) is 11.9 Å². The molecule has 9 heteroatoms. The molecule has 0 aromatic heterocycles. The second-order valence-corrected chi connectivity index (χ2v) is 7.80. The third-order valence-electron chi connectivity index (χ3n) is 5.66. The summed E-state index contributed by atoms with van der Waals surface area (Å²) in [4.78, 5) is 6.04. The zero-order chi connectivity index (χ0) is 22.6. The molecule has 0 amide bonds.